The van der Waals surface area contributed by atoms with Crippen molar-refractivity contribution in [2.45, 2.75) is 25.8 Å². The maximum absolute atomic E-state index is 12.2. The number of carbonyl (C=O) groups is 2. The summed E-state index contributed by atoms with van der Waals surface area (Å²) < 4.78 is 0. The van der Waals surface area contributed by atoms with Gasteiger partial charge in [0.2, 0.25) is 5.91 Å². The van der Waals surface area contributed by atoms with Crippen molar-refractivity contribution in [3.63, 3.8) is 0 Å². The van der Waals surface area contributed by atoms with Gasteiger partial charge < -0.3 is 16.0 Å². The van der Waals surface area contributed by atoms with Gasteiger partial charge in [0.05, 0.1) is 11.3 Å². The van der Waals surface area contributed by atoms with E-state index in [1.165, 1.54) is 0 Å². The molecule has 2 rings (SSSR count). The van der Waals surface area contributed by atoms with Gasteiger partial charge in [0.25, 0.3) is 5.91 Å². The van der Waals surface area contributed by atoms with E-state index in [2.05, 4.69) is 16.0 Å². The van der Waals surface area contributed by atoms with Crippen LogP contribution in [0.15, 0.2) is 18.2 Å². The Bertz CT molecular complexity index is 562. The summed E-state index contributed by atoms with van der Waals surface area (Å²) in [6.45, 7) is 3.50. The molecule has 1 aromatic carbocycles. The minimum atomic E-state index is -0.204. The summed E-state index contributed by atoms with van der Waals surface area (Å²) in [7, 11) is 0. The fourth-order valence-electron chi connectivity index (χ4n) is 2.33. The van der Waals surface area contributed by atoms with Crippen molar-refractivity contribution in [1.29, 1.82) is 0 Å². The highest BCUT2D eigenvalue weighted by Gasteiger charge is 2.19. The number of hydrogen-bond acceptors (Lipinski definition) is 4. The smallest absolute Gasteiger partial charge is 0.253 e. The molecule has 1 atom stereocenters. The maximum atomic E-state index is 12.2. The minimum absolute atomic E-state index is 0.114. The van der Waals surface area contributed by atoms with Crippen molar-refractivity contribution in [3.05, 3.63) is 28.8 Å². The lowest BCUT2D eigenvalue weighted by atomic mass is 10.1. The number of benzene rings is 1. The van der Waals surface area contributed by atoms with Crippen LogP contribution in [-0.4, -0.2) is 42.5 Å². The first kappa shape index (κ1) is 18.1. The molecule has 0 bridgehead atoms. The van der Waals surface area contributed by atoms with Crippen LogP contribution in [0.2, 0.25) is 5.02 Å². The summed E-state index contributed by atoms with van der Waals surface area (Å²) in [6, 6.07) is 5.07. The highest BCUT2D eigenvalue weighted by Crippen LogP contribution is 2.22. The fourth-order valence-corrected chi connectivity index (χ4v) is 3.45. The molecule has 1 aliphatic rings. The van der Waals surface area contributed by atoms with Crippen LogP contribution in [0.4, 0.5) is 5.69 Å². The number of thioether (sulfide) groups is 1. The molecule has 7 heteroatoms. The maximum Gasteiger partial charge on any atom is 0.253 e. The minimum Gasteiger partial charge on any atom is -0.352 e. The average Bonchev–Trinajstić information content (AvgIpc) is 2.53. The topological polar surface area (TPSA) is 70.2 Å². The van der Waals surface area contributed by atoms with E-state index in [4.69, 9.17) is 11.6 Å². The molecular weight excluding hydrogens is 334 g/mol. The molecule has 0 radical (unpaired) electrons. The number of hydrogen-bond donors (Lipinski definition) is 3. The molecule has 1 fully saturated rings. The zero-order valence-corrected chi connectivity index (χ0v) is 14.7. The molecule has 1 aromatic rings. The predicted molar refractivity (Wildman–Crippen MR) is 96.4 cm³/mol. The number of carbonyl (C=O) groups excluding carboxylic acids is 2. The molecule has 23 heavy (non-hydrogen) atoms. The zero-order valence-electron chi connectivity index (χ0n) is 13.2. The van der Waals surface area contributed by atoms with Crippen molar-refractivity contribution in [2.75, 3.05) is 29.9 Å². The number of halogens is 1. The SMILES string of the molecule is CCCNC(=O)c1ccc(Cl)cc1NC(=O)CC1CSCCN1. The van der Waals surface area contributed by atoms with Crippen LogP contribution in [0.1, 0.15) is 30.1 Å². The van der Waals surface area contributed by atoms with Crippen molar-refractivity contribution >= 4 is 40.9 Å². The molecule has 1 aliphatic heterocycles. The lowest BCUT2D eigenvalue weighted by Crippen LogP contribution is -2.40. The molecule has 2 amide bonds. The van der Waals surface area contributed by atoms with Crippen molar-refractivity contribution in [1.82, 2.24) is 10.6 Å². The Hall–Kier alpha value is -1.24. The van der Waals surface area contributed by atoms with E-state index in [-0.39, 0.29) is 17.9 Å². The van der Waals surface area contributed by atoms with Crippen LogP contribution in [0.25, 0.3) is 0 Å². The summed E-state index contributed by atoms with van der Waals surface area (Å²) in [4.78, 5) is 24.4. The number of amides is 2. The van der Waals surface area contributed by atoms with Gasteiger partial charge in [-0.2, -0.15) is 11.8 Å². The van der Waals surface area contributed by atoms with Crippen molar-refractivity contribution < 1.29 is 9.59 Å². The average molecular weight is 356 g/mol. The first-order valence-electron chi connectivity index (χ1n) is 7.79. The van der Waals surface area contributed by atoms with Crippen LogP contribution in [0, 0.1) is 0 Å². The Kier molecular flexibility index (Phi) is 7.20. The molecule has 1 unspecified atom stereocenters. The summed E-state index contributed by atoms with van der Waals surface area (Å²) >= 11 is 7.85. The fraction of sp³-hybridized carbons (Fsp3) is 0.500. The largest absolute Gasteiger partial charge is 0.352 e. The zero-order chi connectivity index (χ0) is 16.7. The third kappa shape index (κ3) is 5.71. The molecule has 0 aliphatic carbocycles. The molecule has 5 nitrogen and oxygen atoms in total. The monoisotopic (exact) mass is 355 g/mol. The summed E-state index contributed by atoms with van der Waals surface area (Å²) in [5.74, 6) is 1.68. The van der Waals surface area contributed by atoms with Crippen molar-refractivity contribution in [2.24, 2.45) is 0 Å². The van der Waals surface area contributed by atoms with Crippen LogP contribution in [0.5, 0.6) is 0 Å². The van der Waals surface area contributed by atoms with Gasteiger partial charge in [-0.25, -0.2) is 0 Å². The summed E-state index contributed by atoms with van der Waals surface area (Å²) in [6.07, 6.45) is 1.24. The Morgan fingerprint density at radius 2 is 2.26 bits per heavy atom. The second-order valence-corrected chi connectivity index (χ2v) is 7.01. The normalized spacial score (nSPS) is 17.6. The molecule has 1 saturated heterocycles. The third-order valence-electron chi connectivity index (χ3n) is 3.47. The standard InChI is InChI=1S/C16H22ClN3O2S/c1-2-5-19-16(22)13-4-3-11(17)8-14(13)20-15(21)9-12-10-23-7-6-18-12/h3-4,8,12,18H,2,5-7,9-10H2,1H3,(H,19,22)(H,20,21). The Morgan fingerprint density at radius 1 is 1.43 bits per heavy atom. The lowest BCUT2D eigenvalue weighted by Gasteiger charge is -2.22. The van der Waals surface area contributed by atoms with E-state index >= 15 is 0 Å². The van der Waals surface area contributed by atoms with Gasteiger partial charge >= 0.3 is 0 Å². The van der Waals surface area contributed by atoms with Crippen molar-refractivity contribution in [3.8, 4) is 0 Å². The molecule has 3 N–H and O–H groups in total. The van der Waals surface area contributed by atoms with E-state index in [1.807, 2.05) is 18.7 Å². The van der Waals surface area contributed by atoms with E-state index in [0.717, 1.165) is 24.5 Å². The summed E-state index contributed by atoms with van der Waals surface area (Å²) in [5, 5.41) is 9.45. The Morgan fingerprint density at radius 3 is 2.96 bits per heavy atom. The van der Waals surface area contributed by atoms with E-state index in [0.29, 0.717) is 29.2 Å². The number of rotatable bonds is 6. The van der Waals surface area contributed by atoms with Gasteiger partial charge in [0.15, 0.2) is 0 Å². The van der Waals surface area contributed by atoms with Gasteiger partial charge in [-0.05, 0) is 24.6 Å². The van der Waals surface area contributed by atoms with Gasteiger partial charge in [-0.15, -0.1) is 0 Å². The molecule has 126 valence electrons. The first-order valence-corrected chi connectivity index (χ1v) is 9.32. The second kappa shape index (κ2) is 9.15. The highest BCUT2D eigenvalue weighted by atomic mass is 35.5. The third-order valence-corrected chi connectivity index (χ3v) is 4.83. The van der Waals surface area contributed by atoms with Crippen LogP contribution >= 0.6 is 23.4 Å². The first-order chi connectivity index (χ1) is 11.1. The van der Waals surface area contributed by atoms with E-state index < -0.39 is 0 Å². The van der Waals surface area contributed by atoms with Crippen LogP contribution in [0.3, 0.4) is 0 Å². The second-order valence-electron chi connectivity index (χ2n) is 5.42. The number of nitrogens with one attached hydrogen (secondary N) is 3. The van der Waals surface area contributed by atoms with Gasteiger partial charge in [0, 0.05) is 42.1 Å². The summed E-state index contributed by atoms with van der Waals surface area (Å²) in [5.41, 5.74) is 0.891. The predicted octanol–water partition coefficient (Wildman–Crippen LogP) is 2.51. The van der Waals surface area contributed by atoms with Crippen LogP contribution in [-0.2, 0) is 4.79 Å². The quantitative estimate of drug-likeness (QED) is 0.733. The molecular formula is C16H22ClN3O2S. The van der Waals surface area contributed by atoms with Crippen LogP contribution < -0.4 is 16.0 Å². The number of anilines is 1. The molecule has 1 heterocycles. The Labute approximate surface area is 145 Å². The van der Waals surface area contributed by atoms with E-state index in [9.17, 15) is 9.59 Å². The molecule has 0 saturated carbocycles. The highest BCUT2D eigenvalue weighted by molar-refractivity contribution is 7.99. The lowest BCUT2D eigenvalue weighted by molar-refractivity contribution is -0.116. The van der Waals surface area contributed by atoms with E-state index in [1.54, 1.807) is 18.2 Å². The molecule has 0 aromatic heterocycles. The Balaban J connectivity index is 2.03. The van der Waals surface area contributed by atoms with Gasteiger partial charge in [-0.3, -0.25) is 9.59 Å². The van der Waals surface area contributed by atoms with Gasteiger partial charge in [-0.1, -0.05) is 18.5 Å². The van der Waals surface area contributed by atoms with Gasteiger partial charge in [0.1, 0.15) is 0 Å². The molecule has 0 spiro atoms.